The zero-order chi connectivity index (χ0) is 34.0. The van der Waals surface area contributed by atoms with E-state index in [0.29, 0.717) is 46.0 Å². The van der Waals surface area contributed by atoms with E-state index in [4.69, 9.17) is 37.9 Å². The molecule has 0 N–H and O–H groups in total. The Balaban J connectivity index is 0. The van der Waals surface area contributed by atoms with E-state index >= 15 is 0 Å². The van der Waals surface area contributed by atoms with Crippen LogP contribution in [-0.2, 0) is 22.4 Å². The average Bonchev–Trinajstić information content (AvgIpc) is 2.99. The normalized spacial score (nSPS) is 9.64. The zero-order valence-corrected chi connectivity index (χ0v) is 34.0. The fraction of sp³-hybridized carbons (Fsp3) is 0.531. The summed E-state index contributed by atoms with van der Waals surface area (Å²) in [7, 11) is 12.8. The molecule has 0 saturated heterocycles. The number of carbonyl (C=O) groups is 2. The summed E-state index contributed by atoms with van der Waals surface area (Å²) in [4.78, 5) is 20.3. The zero-order valence-electron chi connectivity index (χ0n) is 29.2. The minimum Gasteiger partial charge on any atom is -0.492 e. The van der Waals surface area contributed by atoms with Crippen LogP contribution < -0.4 is 89.3 Å². The van der Waals surface area contributed by atoms with Gasteiger partial charge in [-0.3, -0.25) is 9.59 Å². The third kappa shape index (κ3) is 13.3. The Bertz CT molecular complexity index is 1220. The van der Waals surface area contributed by atoms with E-state index < -0.39 is 0 Å². The number of benzene rings is 2. The van der Waals surface area contributed by atoms with Crippen LogP contribution in [0.1, 0.15) is 48.9 Å². The van der Waals surface area contributed by atoms with E-state index in [0.717, 1.165) is 53.7 Å². The van der Waals surface area contributed by atoms with Crippen molar-refractivity contribution in [3.63, 3.8) is 0 Å². The van der Waals surface area contributed by atoms with Gasteiger partial charge in [-0.15, -0.1) is 12.6 Å². The Morgan fingerprint density at radius 1 is 0.600 bits per heavy atom. The largest absolute Gasteiger partial charge is 1.00 e. The van der Waals surface area contributed by atoms with Gasteiger partial charge >= 0.3 is 51.4 Å². The Labute approximate surface area is 321 Å². The van der Waals surface area contributed by atoms with Crippen LogP contribution in [0.3, 0.4) is 0 Å². The minimum atomic E-state index is -0.139. The molecule has 0 unspecified atom stereocenters. The first-order valence-corrected chi connectivity index (χ1v) is 15.2. The fourth-order valence-corrected chi connectivity index (χ4v) is 5.13. The molecule has 0 atom stereocenters. The van der Waals surface area contributed by atoms with Crippen molar-refractivity contribution >= 4 is 34.6 Å². The summed E-state index contributed by atoms with van der Waals surface area (Å²) in [6.07, 6.45) is 3.20. The summed E-state index contributed by atoms with van der Waals surface area (Å²) >= 11 is 4.66. The van der Waals surface area contributed by atoms with Gasteiger partial charge in [0.1, 0.15) is 0 Å². The van der Waals surface area contributed by atoms with E-state index in [2.05, 4.69) is 19.6 Å². The maximum absolute atomic E-state index is 11.0. The summed E-state index contributed by atoms with van der Waals surface area (Å²) < 4.78 is 43.5. The van der Waals surface area contributed by atoms with Gasteiger partial charge in [-0.1, -0.05) is 18.2 Å². The van der Waals surface area contributed by atoms with E-state index in [-0.39, 0.29) is 61.6 Å². The summed E-state index contributed by atoms with van der Waals surface area (Å²) in [6, 6.07) is 0. The number of methoxy groups -OCH3 is 8. The molecule has 45 heavy (non-hydrogen) atoms. The van der Waals surface area contributed by atoms with Gasteiger partial charge in [-0.05, 0) is 26.7 Å². The van der Waals surface area contributed by atoms with Gasteiger partial charge < -0.3 is 44.8 Å². The molecule has 10 nitrogen and oxygen atoms in total. The maximum atomic E-state index is 11.0. The second-order valence-corrected chi connectivity index (χ2v) is 10.9. The van der Waals surface area contributed by atoms with Crippen LogP contribution in [0, 0.1) is 20.8 Å². The quantitative estimate of drug-likeness (QED) is 0.136. The molecule has 2 aromatic rings. The smallest absolute Gasteiger partial charge is 0.492 e. The van der Waals surface area contributed by atoms with Crippen molar-refractivity contribution in [2.45, 2.75) is 53.4 Å². The molecular formula is C32H49KO10S2. The molecule has 0 fully saturated rings. The number of ether oxygens (including phenoxy) is 8. The topological polar surface area (TPSA) is 108 Å². The first kappa shape index (κ1) is 45.6. The molecule has 13 heteroatoms. The van der Waals surface area contributed by atoms with Crippen molar-refractivity contribution in [3.8, 4) is 46.0 Å². The average molecular weight is 697 g/mol. The van der Waals surface area contributed by atoms with Gasteiger partial charge in [0.2, 0.25) is 23.0 Å². The number of hydrogen-bond acceptors (Lipinski definition) is 11. The van der Waals surface area contributed by atoms with Crippen LogP contribution in [0.5, 0.6) is 46.0 Å². The van der Waals surface area contributed by atoms with Crippen LogP contribution in [0.15, 0.2) is 0 Å². The summed E-state index contributed by atoms with van der Waals surface area (Å²) in [5, 5.41) is -0.00595. The molecule has 0 amide bonds. The van der Waals surface area contributed by atoms with Crippen LogP contribution in [-0.4, -0.2) is 72.9 Å². The molecule has 0 aliphatic rings. The van der Waals surface area contributed by atoms with Gasteiger partial charge in [-0.25, -0.2) is 0 Å². The summed E-state index contributed by atoms with van der Waals surface area (Å²) in [5.74, 6) is 5.62. The Morgan fingerprint density at radius 2 is 0.889 bits per heavy atom. The van der Waals surface area contributed by atoms with Crippen LogP contribution in [0.2, 0.25) is 0 Å². The molecule has 0 aromatic heterocycles. The van der Waals surface area contributed by atoms with Crippen molar-refractivity contribution in [1.29, 1.82) is 0 Å². The van der Waals surface area contributed by atoms with E-state index in [9.17, 15) is 9.59 Å². The first-order chi connectivity index (χ1) is 20.9. The van der Waals surface area contributed by atoms with E-state index in [1.54, 1.807) is 63.8 Å². The van der Waals surface area contributed by atoms with Crippen LogP contribution in [0.4, 0.5) is 0 Å². The molecule has 2 rings (SSSR count). The van der Waals surface area contributed by atoms with Gasteiger partial charge in [0.15, 0.2) is 33.2 Å². The van der Waals surface area contributed by atoms with Gasteiger partial charge in [0, 0.05) is 41.9 Å². The van der Waals surface area contributed by atoms with Crippen LogP contribution >= 0.6 is 24.4 Å². The summed E-state index contributed by atoms with van der Waals surface area (Å²) in [5.41, 5.74) is 4.02. The third-order valence-corrected chi connectivity index (χ3v) is 7.21. The SMILES string of the molecule is CC(=O)S.COc1c(C)c(CCCSC(C)=O)c(OC)c(OC)c1OC.[CH2-]CCc1c(C)c(OC)c(OC)c(OC)c1OC.[K+]. The summed E-state index contributed by atoms with van der Waals surface area (Å²) in [6.45, 7) is 10.8. The van der Waals surface area contributed by atoms with Crippen molar-refractivity contribution in [2.75, 3.05) is 62.6 Å². The third-order valence-electron chi connectivity index (χ3n) is 6.31. The molecule has 0 aliphatic carbocycles. The number of rotatable bonds is 14. The second kappa shape index (κ2) is 24.7. The monoisotopic (exact) mass is 696 g/mol. The molecule has 2 aromatic carbocycles. The Morgan fingerprint density at radius 3 is 1.16 bits per heavy atom. The van der Waals surface area contributed by atoms with E-state index in [1.807, 2.05) is 13.8 Å². The molecular weight excluding hydrogens is 648 g/mol. The van der Waals surface area contributed by atoms with E-state index in [1.165, 1.54) is 18.7 Å². The molecule has 0 spiro atoms. The predicted molar refractivity (Wildman–Crippen MR) is 180 cm³/mol. The minimum absolute atomic E-state index is 0. The van der Waals surface area contributed by atoms with Crippen LogP contribution in [0.25, 0.3) is 0 Å². The molecule has 0 heterocycles. The molecule has 0 aliphatic heterocycles. The number of hydrogen-bond donors (Lipinski definition) is 1. The van der Waals surface area contributed by atoms with Gasteiger partial charge in [0.25, 0.3) is 0 Å². The van der Waals surface area contributed by atoms with Crippen molar-refractivity contribution < 1.29 is 98.9 Å². The molecule has 250 valence electrons. The number of thiol groups is 1. The van der Waals surface area contributed by atoms with Crippen molar-refractivity contribution in [1.82, 2.24) is 0 Å². The Hall–Kier alpha value is -1.48. The number of thioether (sulfide) groups is 1. The number of carbonyl (C=O) groups excluding carboxylic acids is 2. The van der Waals surface area contributed by atoms with Gasteiger partial charge in [-0.2, -0.15) is 6.42 Å². The standard InChI is InChI=1S/C16H24O5S.C14H21O4.C2H4OS.K/c1-10-12(8-7-9-22-11(2)17)14(19-4)16(21-6)15(20-5)13(10)18-3;1-7-8-10-9(2)11(15-3)13(17-5)14(18-6)12(10)16-4;1-2(3)4;/h7-9H2,1-6H3;1,7-8H2,2-6H3;1H3,(H,3,4);/q;-1;;+1. The Kier molecular flexibility index (Phi) is 25.0. The maximum Gasteiger partial charge on any atom is 1.00 e. The van der Waals surface area contributed by atoms with Gasteiger partial charge in [0.05, 0.1) is 56.9 Å². The van der Waals surface area contributed by atoms with Crippen molar-refractivity contribution in [2.24, 2.45) is 0 Å². The fourth-order valence-electron chi connectivity index (χ4n) is 4.55. The van der Waals surface area contributed by atoms with Crippen molar-refractivity contribution in [3.05, 3.63) is 29.2 Å². The second-order valence-electron chi connectivity index (χ2n) is 9.04. The molecule has 0 bridgehead atoms. The predicted octanol–water partition coefficient (Wildman–Crippen LogP) is 3.50. The molecule has 0 saturated carbocycles. The molecule has 0 radical (unpaired) electrons. The first-order valence-electron chi connectivity index (χ1n) is 13.7.